The molecule has 5 nitrogen and oxygen atoms in total. The van der Waals surface area contributed by atoms with E-state index in [2.05, 4.69) is 21.4 Å². The molecule has 6 heteroatoms. The van der Waals surface area contributed by atoms with Gasteiger partial charge in [-0.15, -0.1) is 0 Å². The molecule has 0 fully saturated rings. The monoisotopic (exact) mass is 364 g/mol. The number of nitrogens with zero attached hydrogens (tertiary/aromatic N) is 3. The van der Waals surface area contributed by atoms with E-state index in [1.54, 1.807) is 11.0 Å². The van der Waals surface area contributed by atoms with Gasteiger partial charge in [0.25, 0.3) is 5.91 Å². The van der Waals surface area contributed by atoms with Gasteiger partial charge in [-0.2, -0.15) is 0 Å². The summed E-state index contributed by atoms with van der Waals surface area (Å²) in [6.45, 7) is 2.59. The fraction of sp³-hybridized carbons (Fsp3) is 0.150. The molecule has 0 unspecified atom stereocenters. The van der Waals surface area contributed by atoms with Gasteiger partial charge in [0, 0.05) is 29.0 Å². The van der Waals surface area contributed by atoms with Crippen LogP contribution in [-0.2, 0) is 6.42 Å². The highest BCUT2D eigenvalue weighted by Crippen LogP contribution is 2.29. The van der Waals surface area contributed by atoms with Gasteiger partial charge in [-0.3, -0.25) is 4.79 Å². The smallest absolute Gasteiger partial charge is 0.277 e. The van der Waals surface area contributed by atoms with Crippen LogP contribution < -0.4 is 10.2 Å². The number of para-hydroxylation sites is 1. The minimum Gasteiger partial charge on any atom is -0.340 e. The van der Waals surface area contributed by atoms with Crippen LogP contribution in [0.25, 0.3) is 0 Å². The first-order valence-electron chi connectivity index (χ1n) is 8.37. The highest BCUT2D eigenvalue weighted by Gasteiger charge is 2.26. The van der Waals surface area contributed by atoms with Crippen molar-refractivity contribution in [1.29, 1.82) is 0 Å². The highest BCUT2D eigenvalue weighted by molar-refractivity contribution is 6.31. The summed E-state index contributed by atoms with van der Waals surface area (Å²) in [4.78, 5) is 23.1. The van der Waals surface area contributed by atoms with Gasteiger partial charge in [0.1, 0.15) is 17.8 Å². The van der Waals surface area contributed by atoms with Crippen molar-refractivity contribution in [2.45, 2.75) is 13.3 Å². The molecular formula is C20H17ClN4O. The van der Waals surface area contributed by atoms with Crippen LogP contribution in [0.3, 0.4) is 0 Å². The summed E-state index contributed by atoms with van der Waals surface area (Å²) in [7, 11) is 0. The third-order valence-electron chi connectivity index (χ3n) is 4.55. The maximum Gasteiger partial charge on any atom is 0.277 e. The molecule has 0 bridgehead atoms. The van der Waals surface area contributed by atoms with E-state index in [1.165, 1.54) is 11.9 Å². The molecule has 0 radical (unpaired) electrons. The number of nitrogens with one attached hydrogen (secondary N) is 1. The maximum atomic E-state index is 12.9. The van der Waals surface area contributed by atoms with E-state index in [9.17, 15) is 4.79 Å². The van der Waals surface area contributed by atoms with E-state index in [1.807, 2.05) is 43.3 Å². The van der Waals surface area contributed by atoms with Gasteiger partial charge >= 0.3 is 0 Å². The van der Waals surface area contributed by atoms with Crippen LogP contribution in [0.4, 0.5) is 17.2 Å². The number of anilines is 3. The van der Waals surface area contributed by atoms with E-state index in [0.29, 0.717) is 23.1 Å². The van der Waals surface area contributed by atoms with Crippen LogP contribution >= 0.6 is 11.6 Å². The molecular weight excluding hydrogens is 348 g/mol. The summed E-state index contributed by atoms with van der Waals surface area (Å²) in [6, 6.07) is 15.2. The number of carbonyl (C=O) groups excluding carboxylic acids is 1. The lowest BCUT2D eigenvalue weighted by molar-refractivity contribution is 0.0984. The topological polar surface area (TPSA) is 58.1 Å². The van der Waals surface area contributed by atoms with Crippen molar-refractivity contribution in [3.8, 4) is 0 Å². The largest absolute Gasteiger partial charge is 0.340 e. The van der Waals surface area contributed by atoms with Gasteiger partial charge < -0.3 is 10.2 Å². The van der Waals surface area contributed by atoms with E-state index < -0.39 is 0 Å². The van der Waals surface area contributed by atoms with Gasteiger partial charge in [0.05, 0.1) is 0 Å². The summed E-state index contributed by atoms with van der Waals surface area (Å²) >= 11 is 6.16. The molecule has 0 saturated heterocycles. The molecule has 130 valence electrons. The number of hydrogen-bond acceptors (Lipinski definition) is 4. The van der Waals surface area contributed by atoms with Crippen LogP contribution in [0.1, 0.15) is 21.6 Å². The number of carbonyl (C=O) groups is 1. The van der Waals surface area contributed by atoms with Crippen LogP contribution in [0.15, 0.2) is 54.9 Å². The third-order valence-corrected chi connectivity index (χ3v) is 4.96. The zero-order valence-electron chi connectivity index (χ0n) is 14.2. The average Bonchev–Trinajstić information content (AvgIpc) is 3.09. The summed E-state index contributed by atoms with van der Waals surface area (Å²) < 4.78 is 0. The Hall–Kier alpha value is -2.92. The van der Waals surface area contributed by atoms with E-state index in [4.69, 9.17) is 11.6 Å². The van der Waals surface area contributed by atoms with Crippen molar-refractivity contribution in [3.05, 3.63) is 76.7 Å². The molecule has 0 atom stereocenters. The molecule has 3 aromatic rings. The second-order valence-corrected chi connectivity index (χ2v) is 6.57. The second kappa shape index (κ2) is 6.77. The van der Waals surface area contributed by atoms with Crippen molar-refractivity contribution in [2.75, 3.05) is 16.8 Å². The Balaban J connectivity index is 1.60. The minimum absolute atomic E-state index is 0.122. The van der Waals surface area contributed by atoms with Crippen molar-refractivity contribution in [1.82, 2.24) is 9.97 Å². The Morgan fingerprint density at radius 2 is 2.00 bits per heavy atom. The molecule has 0 saturated carbocycles. The Labute approximate surface area is 156 Å². The van der Waals surface area contributed by atoms with Crippen LogP contribution in [0, 0.1) is 6.92 Å². The first-order chi connectivity index (χ1) is 12.6. The minimum atomic E-state index is -0.122. The molecule has 0 spiro atoms. The first kappa shape index (κ1) is 16.5. The quantitative estimate of drug-likeness (QED) is 0.749. The molecule has 2 heterocycles. The molecule has 0 aliphatic carbocycles. The number of fused-ring (bicyclic) bond motifs is 1. The summed E-state index contributed by atoms with van der Waals surface area (Å²) in [5.74, 6) is 0.435. The van der Waals surface area contributed by atoms with Crippen molar-refractivity contribution < 1.29 is 4.79 Å². The lowest BCUT2D eigenvalue weighted by Crippen LogP contribution is -2.29. The summed E-state index contributed by atoms with van der Waals surface area (Å²) in [5.41, 5.74) is 4.27. The predicted molar refractivity (Wildman–Crippen MR) is 103 cm³/mol. The van der Waals surface area contributed by atoms with Crippen LogP contribution in [0.2, 0.25) is 5.02 Å². The molecule has 2 aromatic carbocycles. The SMILES string of the molecule is Cc1c(Cl)cccc1Nc1cc(C(=O)N2CCc3ccccc32)ncn1. The standard InChI is InChI=1S/C20H17ClN4O/c1-13-15(21)6-4-7-16(13)24-19-11-17(22-12-23-19)20(26)25-10-9-14-5-2-3-8-18(14)25/h2-8,11-12H,9-10H2,1H3,(H,22,23,24). The molecule has 1 aliphatic heterocycles. The van der Waals surface area contributed by atoms with Gasteiger partial charge in [-0.25, -0.2) is 9.97 Å². The fourth-order valence-corrected chi connectivity index (χ4v) is 3.29. The lowest BCUT2D eigenvalue weighted by Gasteiger charge is -2.17. The number of benzene rings is 2. The number of aromatic nitrogens is 2. The van der Waals surface area contributed by atoms with Gasteiger partial charge in [-0.05, 0) is 42.7 Å². The zero-order chi connectivity index (χ0) is 18.1. The summed E-state index contributed by atoms with van der Waals surface area (Å²) in [5, 5.41) is 3.89. The van der Waals surface area contributed by atoms with Gasteiger partial charge in [-0.1, -0.05) is 35.9 Å². The molecule has 1 amide bonds. The molecule has 1 aromatic heterocycles. The Kier molecular flexibility index (Phi) is 4.31. The second-order valence-electron chi connectivity index (χ2n) is 6.16. The zero-order valence-corrected chi connectivity index (χ0v) is 15.0. The number of rotatable bonds is 3. The number of amides is 1. The Morgan fingerprint density at radius 1 is 1.15 bits per heavy atom. The van der Waals surface area contributed by atoms with Crippen LogP contribution in [0.5, 0.6) is 0 Å². The fourth-order valence-electron chi connectivity index (χ4n) is 3.11. The molecule has 4 rings (SSSR count). The van der Waals surface area contributed by atoms with E-state index in [0.717, 1.165) is 23.4 Å². The van der Waals surface area contributed by atoms with Crippen molar-refractivity contribution >= 4 is 34.7 Å². The van der Waals surface area contributed by atoms with E-state index >= 15 is 0 Å². The predicted octanol–water partition coefficient (Wildman–Crippen LogP) is 4.38. The first-order valence-corrected chi connectivity index (χ1v) is 8.75. The maximum absolute atomic E-state index is 12.9. The normalized spacial score (nSPS) is 12.8. The molecule has 1 N–H and O–H groups in total. The third kappa shape index (κ3) is 3.02. The van der Waals surface area contributed by atoms with Crippen molar-refractivity contribution in [3.63, 3.8) is 0 Å². The van der Waals surface area contributed by atoms with Gasteiger partial charge in [0.2, 0.25) is 0 Å². The number of halogens is 1. The number of hydrogen-bond donors (Lipinski definition) is 1. The Bertz CT molecular complexity index is 989. The Morgan fingerprint density at radius 3 is 2.88 bits per heavy atom. The van der Waals surface area contributed by atoms with Crippen molar-refractivity contribution in [2.24, 2.45) is 0 Å². The van der Waals surface area contributed by atoms with Gasteiger partial charge in [0.15, 0.2) is 0 Å². The molecule has 1 aliphatic rings. The lowest BCUT2D eigenvalue weighted by atomic mass is 10.2. The highest BCUT2D eigenvalue weighted by atomic mass is 35.5. The van der Waals surface area contributed by atoms with E-state index in [-0.39, 0.29) is 5.91 Å². The molecule has 26 heavy (non-hydrogen) atoms. The summed E-state index contributed by atoms with van der Waals surface area (Å²) in [6.07, 6.45) is 2.26. The average molecular weight is 365 g/mol. The van der Waals surface area contributed by atoms with Crippen LogP contribution in [-0.4, -0.2) is 22.4 Å².